The lowest BCUT2D eigenvalue weighted by atomic mass is 9.72. The van der Waals surface area contributed by atoms with Gasteiger partial charge in [0.1, 0.15) is 41.1 Å². The molecule has 5 heterocycles. The number of carbonyl (C=O) groups excluding carboxylic acids is 2. The monoisotopic (exact) mass is 644 g/mol. The molecule has 0 unspecified atom stereocenters. The highest BCUT2D eigenvalue weighted by molar-refractivity contribution is 5.89. The summed E-state index contributed by atoms with van der Waals surface area (Å²) in [6.45, 7) is 8.91. The lowest BCUT2D eigenvalue weighted by Gasteiger charge is -2.32. The molecule has 2 aromatic carbocycles. The predicted molar refractivity (Wildman–Crippen MR) is 167 cm³/mol. The van der Waals surface area contributed by atoms with Crippen molar-refractivity contribution in [2.75, 3.05) is 5.32 Å². The van der Waals surface area contributed by atoms with E-state index in [9.17, 15) is 19.8 Å². The van der Waals surface area contributed by atoms with E-state index in [-0.39, 0.29) is 54.3 Å². The summed E-state index contributed by atoms with van der Waals surface area (Å²) in [7, 11) is 0. The molecule has 1 spiro atoms. The van der Waals surface area contributed by atoms with E-state index in [1.807, 2.05) is 32.9 Å². The normalized spacial score (nSPS) is 23.6. The zero-order chi connectivity index (χ0) is 33.4. The Bertz CT molecular complexity index is 1890. The number of rotatable bonds is 6. The molecular weight excluding hydrogens is 607 g/mol. The first-order valence-corrected chi connectivity index (χ1v) is 15.8. The Labute approximate surface area is 270 Å². The molecule has 4 aromatic rings. The van der Waals surface area contributed by atoms with Gasteiger partial charge in [0.15, 0.2) is 23.5 Å². The molecular formula is C35H37FN4O7. The Balaban J connectivity index is 1.51. The highest BCUT2D eigenvalue weighted by atomic mass is 19.1. The molecule has 246 valence electrons. The van der Waals surface area contributed by atoms with Gasteiger partial charge in [-0.1, -0.05) is 46.8 Å². The van der Waals surface area contributed by atoms with E-state index >= 15 is 4.39 Å². The Morgan fingerprint density at radius 3 is 2.62 bits per heavy atom. The summed E-state index contributed by atoms with van der Waals surface area (Å²) in [5, 5.41) is 26.8. The number of halogens is 1. The molecule has 47 heavy (non-hydrogen) atoms. The van der Waals surface area contributed by atoms with Crippen molar-refractivity contribution in [2.24, 2.45) is 17.3 Å². The molecule has 0 aliphatic carbocycles. The number of oxazole rings is 2. The number of ether oxygens (including phenoxy) is 1. The van der Waals surface area contributed by atoms with Gasteiger partial charge in [0.2, 0.25) is 17.7 Å². The maximum absolute atomic E-state index is 15.1. The van der Waals surface area contributed by atoms with Crippen molar-refractivity contribution in [1.82, 2.24) is 15.3 Å². The molecule has 7 rings (SSSR count). The van der Waals surface area contributed by atoms with Crippen LogP contribution in [0.5, 0.6) is 5.75 Å². The molecule has 0 saturated heterocycles. The highest BCUT2D eigenvalue weighted by Gasteiger charge is 2.61. The third-order valence-corrected chi connectivity index (χ3v) is 9.38. The number of aliphatic hydroxyl groups excluding tert-OH is 2. The number of ketones is 1. The van der Waals surface area contributed by atoms with Crippen molar-refractivity contribution in [1.29, 1.82) is 0 Å². The summed E-state index contributed by atoms with van der Waals surface area (Å²) in [5.74, 6) is -1.41. The Morgan fingerprint density at radius 2 is 1.91 bits per heavy atom. The van der Waals surface area contributed by atoms with Gasteiger partial charge in [-0.05, 0) is 47.6 Å². The SMILES string of the molecule is CC(C)[C@H](O)C(=O)C[C@H]1Cc2ccc3c(c2)[C@@]2(c4cc(F)ccc4N[C@@H]2O3)c2oc(nc2-c2nc(CO)co2)[C@H](C(C)(C)C)NC1=O. The molecule has 12 heteroatoms. The summed E-state index contributed by atoms with van der Waals surface area (Å²) >= 11 is 0. The number of anilines is 1. The summed E-state index contributed by atoms with van der Waals surface area (Å²) < 4.78 is 34.2. The average molecular weight is 645 g/mol. The van der Waals surface area contributed by atoms with E-state index in [4.69, 9.17) is 18.6 Å². The molecule has 4 N–H and O–H groups in total. The van der Waals surface area contributed by atoms with Crippen LogP contribution in [0.4, 0.5) is 10.1 Å². The molecule has 2 aromatic heterocycles. The zero-order valence-corrected chi connectivity index (χ0v) is 26.8. The van der Waals surface area contributed by atoms with Crippen molar-refractivity contribution < 1.29 is 37.8 Å². The number of Topliss-reactive ketones (excluding diaryl/α,β-unsaturated/α-hetero) is 1. The summed E-state index contributed by atoms with van der Waals surface area (Å²) in [6, 6.07) is 9.18. The van der Waals surface area contributed by atoms with Gasteiger partial charge in [0.25, 0.3) is 0 Å². The maximum atomic E-state index is 15.1. The van der Waals surface area contributed by atoms with Gasteiger partial charge in [-0.25, -0.2) is 14.4 Å². The van der Waals surface area contributed by atoms with Gasteiger partial charge in [0, 0.05) is 29.2 Å². The fourth-order valence-corrected chi connectivity index (χ4v) is 6.92. The number of aliphatic hydroxyl groups is 2. The predicted octanol–water partition coefficient (Wildman–Crippen LogP) is 4.79. The fourth-order valence-electron chi connectivity index (χ4n) is 6.92. The second-order valence-corrected chi connectivity index (χ2v) is 14.1. The van der Waals surface area contributed by atoms with Crippen LogP contribution in [0.25, 0.3) is 11.6 Å². The second kappa shape index (κ2) is 11.0. The van der Waals surface area contributed by atoms with Crippen LogP contribution in [0, 0.1) is 23.1 Å². The van der Waals surface area contributed by atoms with Gasteiger partial charge in [-0.15, -0.1) is 0 Å². The third kappa shape index (κ3) is 4.92. The molecule has 11 nitrogen and oxygen atoms in total. The largest absolute Gasteiger partial charge is 0.469 e. The fraction of sp³-hybridized carbons (Fsp3) is 0.429. The molecule has 4 bridgehead atoms. The van der Waals surface area contributed by atoms with E-state index in [1.165, 1.54) is 18.4 Å². The Morgan fingerprint density at radius 1 is 1.13 bits per heavy atom. The first-order chi connectivity index (χ1) is 22.3. The van der Waals surface area contributed by atoms with Gasteiger partial charge in [-0.3, -0.25) is 9.59 Å². The van der Waals surface area contributed by atoms with Crippen LogP contribution in [-0.2, 0) is 28.0 Å². The summed E-state index contributed by atoms with van der Waals surface area (Å²) in [5.41, 5.74) is 1.14. The van der Waals surface area contributed by atoms with Crippen LogP contribution >= 0.6 is 0 Å². The van der Waals surface area contributed by atoms with E-state index in [2.05, 4.69) is 15.6 Å². The van der Waals surface area contributed by atoms with Crippen molar-refractivity contribution in [3.8, 4) is 17.3 Å². The first-order valence-electron chi connectivity index (χ1n) is 15.8. The van der Waals surface area contributed by atoms with Crippen molar-refractivity contribution in [3.05, 3.63) is 82.5 Å². The minimum absolute atomic E-state index is 0.0710. The van der Waals surface area contributed by atoms with E-state index in [1.54, 1.807) is 26.0 Å². The minimum Gasteiger partial charge on any atom is -0.469 e. The van der Waals surface area contributed by atoms with Crippen LogP contribution in [-0.4, -0.2) is 44.2 Å². The van der Waals surface area contributed by atoms with Gasteiger partial charge < -0.3 is 34.4 Å². The second-order valence-electron chi connectivity index (χ2n) is 14.1. The lowest BCUT2D eigenvalue weighted by Crippen LogP contribution is -2.42. The summed E-state index contributed by atoms with van der Waals surface area (Å²) in [4.78, 5) is 36.6. The van der Waals surface area contributed by atoms with Crippen molar-refractivity contribution in [3.63, 3.8) is 0 Å². The maximum Gasteiger partial charge on any atom is 0.249 e. The molecule has 1 amide bonds. The lowest BCUT2D eigenvalue weighted by molar-refractivity contribution is -0.135. The number of nitrogens with zero attached hydrogens (tertiary/aromatic N) is 2. The van der Waals surface area contributed by atoms with Gasteiger partial charge >= 0.3 is 0 Å². The van der Waals surface area contributed by atoms with E-state index in [0.29, 0.717) is 22.6 Å². The van der Waals surface area contributed by atoms with Crippen LogP contribution in [0.1, 0.15) is 81.1 Å². The van der Waals surface area contributed by atoms with Crippen LogP contribution in [0.2, 0.25) is 0 Å². The number of hydrogen-bond acceptors (Lipinski definition) is 10. The van der Waals surface area contributed by atoms with Crippen molar-refractivity contribution >= 4 is 17.4 Å². The molecule has 0 saturated carbocycles. The third-order valence-electron chi connectivity index (χ3n) is 9.38. The molecule has 3 aliphatic heterocycles. The van der Waals surface area contributed by atoms with Gasteiger partial charge in [0.05, 0.1) is 6.61 Å². The summed E-state index contributed by atoms with van der Waals surface area (Å²) in [6.07, 6.45) is -0.653. The van der Waals surface area contributed by atoms with Crippen LogP contribution in [0.3, 0.4) is 0 Å². The van der Waals surface area contributed by atoms with E-state index < -0.39 is 52.6 Å². The van der Waals surface area contributed by atoms with Crippen LogP contribution in [0.15, 0.2) is 51.5 Å². The van der Waals surface area contributed by atoms with Crippen LogP contribution < -0.4 is 15.4 Å². The first kappa shape index (κ1) is 31.1. The topological polar surface area (TPSA) is 160 Å². The number of carbonyl (C=O) groups is 2. The number of hydrogen-bond donors (Lipinski definition) is 4. The van der Waals surface area contributed by atoms with Crippen molar-refractivity contribution in [2.45, 2.75) is 77.9 Å². The number of amides is 1. The Kier molecular flexibility index (Phi) is 7.28. The number of nitrogens with one attached hydrogen (secondary N) is 2. The smallest absolute Gasteiger partial charge is 0.249 e. The Hall–Kier alpha value is -4.55. The van der Waals surface area contributed by atoms with E-state index in [0.717, 1.165) is 5.56 Å². The molecule has 0 fully saturated rings. The molecule has 5 atom stereocenters. The molecule has 0 radical (unpaired) electrons. The average Bonchev–Trinajstić information content (AvgIpc) is 3.79. The highest BCUT2D eigenvalue weighted by Crippen LogP contribution is 2.59. The minimum atomic E-state index is -1.28. The zero-order valence-electron chi connectivity index (χ0n) is 26.8. The number of fused-ring (bicyclic) bond motifs is 4. The number of aromatic nitrogens is 2. The van der Waals surface area contributed by atoms with Gasteiger partial charge in [-0.2, -0.15) is 0 Å². The number of benzene rings is 2. The standard InChI is InChI=1S/C35H37FN4O7/c1-16(2)27(43)24(42)12-18-10-17-6-9-25-22(11-17)35(21-13-19(36)7-8-23(21)38-33(35)46-25)29-26(31-37-20(14-41)15-45-31)39-32(47-29)28(34(3,4)5)40-30(18)44/h6-9,11,13,15-16,18,27-28,33,38,41,43H,10,12,14H2,1-5H3,(H,40,44)/t18-,27+,28-,33-,35+/m1/s1. The molecule has 3 aliphatic rings. The quantitative estimate of drug-likeness (QED) is 0.230.